The van der Waals surface area contributed by atoms with Crippen LogP contribution in [0.25, 0.3) is 0 Å². The molecular weight excluding hydrogens is 308 g/mol. The summed E-state index contributed by atoms with van der Waals surface area (Å²) in [7, 11) is 3.61. The number of carbonyl (C=O) groups is 1. The minimum Gasteiger partial charge on any atom is -0.456 e. The molecule has 1 aliphatic carbocycles. The first-order chi connectivity index (χ1) is 9.63. The average Bonchev–Trinajstić information content (AvgIpc) is 2.39. The first kappa shape index (κ1) is 16.1. The van der Waals surface area contributed by atoms with E-state index in [4.69, 9.17) is 4.74 Å². The Morgan fingerprint density at radius 3 is 2.55 bits per heavy atom. The average molecular weight is 329 g/mol. The van der Waals surface area contributed by atoms with E-state index in [1.54, 1.807) is 10.8 Å². The van der Waals surface area contributed by atoms with Gasteiger partial charge in [0.2, 0.25) is 0 Å². The Hall–Kier alpha value is -0.260. The zero-order chi connectivity index (χ0) is 14.4. The molecule has 0 N–H and O–H groups in total. The fourth-order valence-electron chi connectivity index (χ4n) is 2.15. The third kappa shape index (κ3) is 4.64. The number of thiol groups is 1. The van der Waals surface area contributed by atoms with Crippen LogP contribution >= 0.6 is 34.2 Å². The monoisotopic (exact) mass is 328 g/mol. The lowest BCUT2D eigenvalue weighted by atomic mass is 9.85. The molecule has 0 atom stereocenters. The summed E-state index contributed by atoms with van der Waals surface area (Å²) < 4.78 is 5.17. The van der Waals surface area contributed by atoms with Crippen molar-refractivity contribution in [3.8, 4) is 0 Å². The summed E-state index contributed by atoms with van der Waals surface area (Å²) in [5.41, 5.74) is 1.39. The Morgan fingerprint density at radius 2 is 2.05 bits per heavy atom. The lowest BCUT2D eigenvalue weighted by Gasteiger charge is -2.39. The number of ether oxygens (including phenoxy) is 1. The molecule has 1 saturated carbocycles. The topological polar surface area (TPSA) is 26.3 Å². The van der Waals surface area contributed by atoms with E-state index in [9.17, 15) is 4.79 Å². The van der Waals surface area contributed by atoms with E-state index in [1.165, 1.54) is 23.3 Å². The second-order valence-corrected chi connectivity index (χ2v) is 8.19. The molecule has 1 aliphatic rings. The standard InChI is InChI=1S/C15H20O2S3/c1-2-4-12-5-7-13(8-6-12)19-20-15(9-3-10-15)11-17-14(16)18/h5-8H,2-4,9-11H2,1H3,(H,16,18). The summed E-state index contributed by atoms with van der Waals surface area (Å²) in [6.45, 7) is 2.67. The van der Waals surface area contributed by atoms with Gasteiger partial charge in [-0.25, -0.2) is 4.79 Å². The normalized spacial score (nSPS) is 16.5. The molecule has 2 nitrogen and oxygen atoms in total. The molecule has 1 aromatic rings. The Morgan fingerprint density at radius 1 is 1.35 bits per heavy atom. The molecule has 0 spiro atoms. The summed E-state index contributed by atoms with van der Waals surface area (Å²) in [4.78, 5) is 12.1. The number of hydrogen-bond acceptors (Lipinski definition) is 4. The quantitative estimate of drug-likeness (QED) is 0.413. The predicted octanol–water partition coefficient (Wildman–Crippen LogP) is 5.37. The van der Waals surface area contributed by atoms with Gasteiger partial charge in [0.05, 0.1) is 4.75 Å². The van der Waals surface area contributed by atoms with Crippen LogP contribution in [0.2, 0.25) is 0 Å². The number of hydrogen-bond donors (Lipinski definition) is 1. The van der Waals surface area contributed by atoms with Crippen molar-refractivity contribution < 1.29 is 9.53 Å². The Labute approximate surface area is 134 Å². The van der Waals surface area contributed by atoms with Gasteiger partial charge in [-0.3, -0.25) is 0 Å². The molecule has 5 heteroatoms. The van der Waals surface area contributed by atoms with E-state index in [0.29, 0.717) is 6.61 Å². The van der Waals surface area contributed by atoms with Crippen molar-refractivity contribution in [2.45, 2.75) is 48.7 Å². The minimum atomic E-state index is -0.481. The summed E-state index contributed by atoms with van der Waals surface area (Å²) in [5.74, 6) is 0. The van der Waals surface area contributed by atoms with Gasteiger partial charge < -0.3 is 4.74 Å². The Kier molecular flexibility index (Phi) is 6.18. The summed E-state index contributed by atoms with van der Waals surface area (Å²) in [6.07, 6.45) is 5.76. The van der Waals surface area contributed by atoms with Crippen molar-refractivity contribution in [2.75, 3.05) is 6.61 Å². The number of carbonyl (C=O) groups excluding carboxylic acids is 1. The van der Waals surface area contributed by atoms with E-state index in [0.717, 1.165) is 19.3 Å². The summed E-state index contributed by atoms with van der Waals surface area (Å²) in [6, 6.07) is 8.76. The zero-order valence-corrected chi connectivity index (χ0v) is 14.2. The second kappa shape index (κ2) is 7.66. The van der Waals surface area contributed by atoms with Crippen LogP contribution in [0.15, 0.2) is 29.2 Å². The highest BCUT2D eigenvalue weighted by atomic mass is 33.1. The van der Waals surface area contributed by atoms with E-state index >= 15 is 0 Å². The maximum Gasteiger partial charge on any atom is 0.364 e. The van der Waals surface area contributed by atoms with Crippen LogP contribution < -0.4 is 0 Å². The van der Waals surface area contributed by atoms with Crippen LogP contribution in [0.1, 0.15) is 38.2 Å². The fourth-order valence-corrected chi connectivity index (χ4v) is 5.10. The van der Waals surface area contributed by atoms with Crippen molar-refractivity contribution in [1.82, 2.24) is 0 Å². The second-order valence-electron chi connectivity index (χ2n) is 5.15. The highest BCUT2D eigenvalue weighted by molar-refractivity contribution is 8.77. The molecule has 0 unspecified atom stereocenters. The molecule has 0 bridgehead atoms. The first-order valence-corrected chi connectivity index (χ1v) is 9.54. The van der Waals surface area contributed by atoms with Gasteiger partial charge in [0.15, 0.2) is 0 Å². The van der Waals surface area contributed by atoms with Crippen LogP contribution in [0.3, 0.4) is 0 Å². The third-order valence-corrected chi connectivity index (χ3v) is 6.94. The van der Waals surface area contributed by atoms with Gasteiger partial charge in [-0.05, 0) is 37.0 Å². The molecular formula is C15H20O2S3. The van der Waals surface area contributed by atoms with Crippen LogP contribution in [0.5, 0.6) is 0 Å². The number of benzene rings is 1. The van der Waals surface area contributed by atoms with Gasteiger partial charge in [0.1, 0.15) is 6.61 Å². The Balaban J connectivity index is 1.84. The molecule has 0 heterocycles. The van der Waals surface area contributed by atoms with E-state index in [2.05, 4.69) is 43.8 Å². The zero-order valence-electron chi connectivity index (χ0n) is 11.6. The van der Waals surface area contributed by atoms with Crippen LogP contribution in [-0.4, -0.2) is 16.7 Å². The molecule has 0 saturated heterocycles. The molecule has 110 valence electrons. The van der Waals surface area contributed by atoms with Crippen molar-refractivity contribution in [2.24, 2.45) is 0 Å². The molecule has 0 aliphatic heterocycles. The van der Waals surface area contributed by atoms with Crippen LogP contribution in [-0.2, 0) is 11.2 Å². The van der Waals surface area contributed by atoms with Gasteiger partial charge >= 0.3 is 5.30 Å². The van der Waals surface area contributed by atoms with E-state index in [-0.39, 0.29) is 4.75 Å². The summed E-state index contributed by atoms with van der Waals surface area (Å²) >= 11 is 3.66. The molecule has 0 amide bonds. The molecule has 1 fully saturated rings. The summed E-state index contributed by atoms with van der Waals surface area (Å²) in [5, 5.41) is -0.481. The number of aryl methyl sites for hydroxylation is 1. The first-order valence-electron chi connectivity index (χ1n) is 6.94. The van der Waals surface area contributed by atoms with Gasteiger partial charge in [-0.1, -0.05) is 66.1 Å². The number of rotatable bonds is 7. The highest BCUT2D eigenvalue weighted by Crippen LogP contribution is 2.51. The van der Waals surface area contributed by atoms with Crippen molar-refractivity contribution in [3.63, 3.8) is 0 Å². The molecule has 0 aromatic heterocycles. The lowest BCUT2D eigenvalue weighted by molar-refractivity contribution is 0.141. The fraction of sp³-hybridized carbons (Fsp3) is 0.533. The van der Waals surface area contributed by atoms with Gasteiger partial charge in [-0.2, -0.15) is 0 Å². The van der Waals surface area contributed by atoms with Crippen molar-refractivity contribution in [3.05, 3.63) is 29.8 Å². The minimum absolute atomic E-state index is 0.0884. The lowest BCUT2D eigenvalue weighted by Crippen LogP contribution is -2.38. The maximum absolute atomic E-state index is 10.8. The maximum atomic E-state index is 10.8. The van der Waals surface area contributed by atoms with E-state index < -0.39 is 5.30 Å². The molecule has 2 rings (SSSR count). The van der Waals surface area contributed by atoms with Crippen molar-refractivity contribution >= 4 is 39.5 Å². The van der Waals surface area contributed by atoms with Crippen molar-refractivity contribution in [1.29, 1.82) is 0 Å². The predicted molar refractivity (Wildman–Crippen MR) is 90.8 cm³/mol. The smallest absolute Gasteiger partial charge is 0.364 e. The van der Waals surface area contributed by atoms with Gasteiger partial charge in [0.25, 0.3) is 0 Å². The molecule has 20 heavy (non-hydrogen) atoms. The van der Waals surface area contributed by atoms with E-state index in [1.807, 2.05) is 10.8 Å². The largest absolute Gasteiger partial charge is 0.456 e. The van der Waals surface area contributed by atoms with Crippen LogP contribution in [0, 0.1) is 0 Å². The SMILES string of the molecule is CCCc1ccc(SSC2(COC(=O)S)CCC2)cc1. The molecule has 0 radical (unpaired) electrons. The van der Waals surface area contributed by atoms with Gasteiger partial charge in [-0.15, -0.1) is 0 Å². The highest BCUT2D eigenvalue weighted by Gasteiger charge is 2.39. The van der Waals surface area contributed by atoms with Gasteiger partial charge in [0, 0.05) is 4.90 Å². The Bertz CT molecular complexity index is 441. The van der Waals surface area contributed by atoms with Crippen LogP contribution in [0.4, 0.5) is 4.79 Å². The third-order valence-electron chi connectivity index (χ3n) is 3.50. The molecule has 1 aromatic carbocycles.